The van der Waals surface area contributed by atoms with Gasteiger partial charge in [-0.15, -0.1) is 0 Å². The number of hydrogen-bond acceptors (Lipinski definition) is 4. The highest BCUT2D eigenvalue weighted by Gasteiger charge is 2.08. The minimum absolute atomic E-state index is 0.00464. The van der Waals surface area contributed by atoms with E-state index < -0.39 is 4.92 Å². The van der Waals surface area contributed by atoms with Crippen LogP contribution >= 0.6 is 11.8 Å². The summed E-state index contributed by atoms with van der Waals surface area (Å²) in [5, 5.41) is 18.1. The highest BCUT2D eigenvalue weighted by atomic mass is 32.2. The number of nitrogens with zero attached hydrogens (tertiary/aromatic N) is 1. The van der Waals surface area contributed by atoms with E-state index in [1.165, 1.54) is 23.9 Å². The number of nitrogens with one attached hydrogen (secondary N) is 1. The first-order chi connectivity index (χ1) is 9.08. The number of nitrogens with two attached hydrogens (primary N) is 1. The number of nitrogen functional groups attached to an aromatic ring is 1. The Hall–Kier alpha value is -2.34. The van der Waals surface area contributed by atoms with Gasteiger partial charge in [0.2, 0.25) is 0 Å². The van der Waals surface area contributed by atoms with Crippen molar-refractivity contribution >= 4 is 23.3 Å². The molecule has 0 unspecified atom stereocenters. The third-order valence-electron chi connectivity index (χ3n) is 2.45. The lowest BCUT2D eigenvalue weighted by molar-refractivity contribution is -0.384. The Morgan fingerprint density at radius 3 is 2.37 bits per heavy atom. The third-order valence-corrected chi connectivity index (χ3v) is 3.54. The Morgan fingerprint density at radius 2 is 1.79 bits per heavy atom. The summed E-state index contributed by atoms with van der Waals surface area (Å²) >= 11 is 1.42. The molecule has 0 aliphatic heterocycles. The lowest BCUT2D eigenvalue weighted by Crippen LogP contribution is -2.11. The summed E-state index contributed by atoms with van der Waals surface area (Å²) in [6.45, 7) is 0. The van der Waals surface area contributed by atoms with Crippen LogP contribution in [-0.2, 0) is 0 Å². The molecule has 0 aromatic heterocycles. The number of rotatable bonds is 4. The standard InChI is InChI=1S/C13H11N3O2S/c14-13(15)11-3-1-2-4-12(11)19-10-7-5-9(6-8-10)16(17)18/h1-8H,(H3,14,15). The van der Waals surface area contributed by atoms with E-state index in [-0.39, 0.29) is 11.5 Å². The molecule has 0 amide bonds. The van der Waals surface area contributed by atoms with Crippen LogP contribution in [0.4, 0.5) is 5.69 Å². The Morgan fingerprint density at radius 1 is 1.16 bits per heavy atom. The molecule has 0 aliphatic rings. The predicted octanol–water partition coefficient (Wildman–Crippen LogP) is 3.03. The largest absolute Gasteiger partial charge is 0.384 e. The Labute approximate surface area is 114 Å². The summed E-state index contributed by atoms with van der Waals surface area (Å²) in [6.07, 6.45) is 0. The van der Waals surface area contributed by atoms with Crippen LogP contribution < -0.4 is 5.73 Å². The van der Waals surface area contributed by atoms with E-state index in [0.29, 0.717) is 5.56 Å². The molecule has 0 spiro atoms. The van der Waals surface area contributed by atoms with Gasteiger partial charge in [-0.2, -0.15) is 0 Å². The van der Waals surface area contributed by atoms with E-state index >= 15 is 0 Å². The Kier molecular flexibility index (Phi) is 3.82. The summed E-state index contributed by atoms with van der Waals surface area (Å²) < 4.78 is 0. The van der Waals surface area contributed by atoms with E-state index in [0.717, 1.165) is 9.79 Å². The molecule has 6 heteroatoms. The van der Waals surface area contributed by atoms with Crippen molar-refractivity contribution in [2.24, 2.45) is 5.73 Å². The molecule has 3 N–H and O–H groups in total. The van der Waals surface area contributed by atoms with Gasteiger partial charge in [0, 0.05) is 27.5 Å². The second-order valence-corrected chi connectivity index (χ2v) is 4.88. The van der Waals surface area contributed by atoms with Crippen LogP contribution in [0.1, 0.15) is 5.56 Å². The van der Waals surface area contributed by atoms with Crippen LogP contribution in [0.15, 0.2) is 58.3 Å². The number of non-ortho nitro benzene ring substituents is 1. The van der Waals surface area contributed by atoms with Crippen LogP contribution in [0.2, 0.25) is 0 Å². The van der Waals surface area contributed by atoms with Gasteiger partial charge in [-0.25, -0.2) is 0 Å². The van der Waals surface area contributed by atoms with E-state index in [2.05, 4.69) is 0 Å². The van der Waals surface area contributed by atoms with Crippen molar-refractivity contribution in [1.82, 2.24) is 0 Å². The maximum absolute atomic E-state index is 10.6. The number of nitro groups is 1. The van der Waals surface area contributed by atoms with Gasteiger partial charge >= 0.3 is 0 Å². The van der Waals surface area contributed by atoms with Gasteiger partial charge in [-0.1, -0.05) is 30.0 Å². The van der Waals surface area contributed by atoms with Crippen molar-refractivity contribution < 1.29 is 4.92 Å². The van der Waals surface area contributed by atoms with Gasteiger partial charge in [0.15, 0.2) is 0 Å². The van der Waals surface area contributed by atoms with Gasteiger partial charge in [-0.3, -0.25) is 15.5 Å². The zero-order valence-corrected chi connectivity index (χ0v) is 10.7. The average Bonchev–Trinajstić information content (AvgIpc) is 2.39. The maximum atomic E-state index is 10.6. The molecule has 0 heterocycles. The Balaban J connectivity index is 2.26. The molecular weight excluding hydrogens is 262 g/mol. The number of amidine groups is 1. The fourth-order valence-electron chi connectivity index (χ4n) is 1.54. The van der Waals surface area contributed by atoms with Crippen LogP contribution in [0, 0.1) is 15.5 Å². The third kappa shape index (κ3) is 3.11. The van der Waals surface area contributed by atoms with Crippen LogP contribution in [0.3, 0.4) is 0 Å². The first-order valence-corrected chi connectivity index (χ1v) is 6.25. The SMILES string of the molecule is N=C(N)c1ccccc1Sc1ccc([N+](=O)[O-])cc1. The molecule has 2 aromatic rings. The summed E-state index contributed by atoms with van der Waals surface area (Å²) in [6, 6.07) is 13.6. The number of benzene rings is 2. The fourth-order valence-corrected chi connectivity index (χ4v) is 2.50. The lowest BCUT2D eigenvalue weighted by atomic mass is 10.2. The van der Waals surface area contributed by atoms with Crippen LogP contribution in [-0.4, -0.2) is 10.8 Å². The molecule has 19 heavy (non-hydrogen) atoms. The second-order valence-electron chi connectivity index (χ2n) is 3.76. The normalized spacial score (nSPS) is 10.1. The van der Waals surface area contributed by atoms with Gasteiger partial charge < -0.3 is 5.73 Å². The van der Waals surface area contributed by atoms with Crippen LogP contribution in [0.25, 0.3) is 0 Å². The highest BCUT2D eigenvalue weighted by molar-refractivity contribution is 7.99. The Bertz CT molecular complexity index is 626. The van der Waals surface area contributed by atoms with Gasteiger partial charge in [-0.05, 0) is 18.2 Å². The molecule has 0 aliphatic carbocycles. The molecule has 0 saturated heterocycles. The van der Waals surface area contributed by atoms with Gasteiger partial charge in [0.1, 0.15) is 5.84 Å². The van der Waals surface area contributed by atoms with Crippen LogP contribution in [0.5, 0.6) is 0 Å². The monoisotopic (exact) mass is 273 g/mol. The van der Waals surface area contributed by atoms with Crippen molar-refractivity contribution in [3.05, 3.63) is 64.2 Å². The van der Waals surface area contributed by atoms with Crippen molar-refractivity contribution in [1.29, 1.82) is 5.41 Å². The van der Waals surface area contributed by atoms with E-state index in [9.17, 15) is 10.1 Å². The molecule has 0 fully saturated rings. The smallest absolute Gasteiger partial charge is 0.269 e. The van der Waals surface area contributed by atoms with Crippen molar-refractivity contribution in [2.75, 3.05) is 0 Å². The molecule has 2 rings (SSSR count). The fraction of sp³-hybridized carbons (Fsp3) is 0. The van der Waals surface area contributed by atoms with Crippen molar-refractivity contribution in [3.63, 3.8) is 0 Å². The second kappa shape index (κ2) is 5.53. The zero-order valence-electron chi connectivity index (χ0n) is 9.87. The van der Waals surface area contributed by atoms with E-state index in [1.54, 1.807) is 18.2 Å². The summed E-state index contributed by atoms with van der Waals surface area (Å²) in [5.41, 5.74) is 6.23. The van der Waals surface area contributed by atoms with E-state index in [4.69, 9.17) is 11.1 Å². The topological polar surface area (TPSA) is 93.0 Å². The van der Waals surface area contributed by atoms with Crippen molar-refractivity contribution in [2.45, 2.75) is 9.79 Å². The molecule has 5 nitrogen and oxygen atoms in total. The minimum Gasteiger partial charge on any atom is -0.384 e. The summed E-state index contributed by atoms with van der Waals surface area (Å²) in [5.74, 6) is 0.00464. The molecule has 0 bridgehead atoms. The molecule has 0 atom stereocenters. The molecular formula is C13H11N3O2S. The highest BCUT2D eigenvalue weighted by Crippen LogP contribution is 2.31. The van der Waals surface area contributed by atoms with Crippen molar-refractivity contribution in [3.8, 4) is 0 Å². The van der Waals surface area contributed by atoms with E-state index in [1.807, 2.05) is 18.2 Å². The average molecular weight is 273 g/mol. The van der Waals surface area contributed by atoms with Gasteiger partial charge in [0.25, 0.3) is 5.69 Å². The first-order valence-electron chi connectivity index (χ1n) is 5.43. The molecule has 0 saturated carbocycles. The first kappa shape index (κ1) is 13.1. The van der Waals surface area contributed by atoms with Gasteiger partial charge in [0.05, 0.1) is 4.92 Å². The minimum atomic E-state index is -0.433. The number of nitro benzene ring substituents is 1. The molecule has 0 radical (unpaired) electrons. The summed E-state index contributed by atoms with van der Waals surface area (Å²) in [4.78, 5) is 11.8. The lowest BCUT2D eigenvalue weighted by Gasteiger charge is -2.07. The molecule has 96 valence electrons. The maximum Gasteiger partial charge on any atom is 0.269 e. The number of hydrogen-bond donors (Lipinski definition) is 2. The quantitative estimate of drug-likeness (QED) is 0.387. The molecule has 2 aromatic carbocycles. The zero-order chi connectivity index (χ0) is 13.8. The summed E-state index contributed by atoms with van der Waals surface area (Å²) in [7, 11) is 0. The predicted molar refractivity (Wildman–Crippen MR) is 74.7 cm³/mol.